The van der Waals surface area contributed by atoms with E-state index in [4.69, 9.17) is 9.47 Å². The smallest absolute Gasteiger partial charge is 0.435 e. The van der Waals surface area contributed by atoms with Gasteiger partial charge in [-0.25, -0.2) is 4.79 Å². The molecule has 1 rings (SSSR count). The lowest BCUT2D eigenvalue weighted by molar-refractivity contribution is 0.00992. The highest BCUT2D eigenvalue weighted by atomic mass is 16.7. The van der Waals surface area contributed by atoms with E-state index < -0.39 is 6.16 Å². The van der Waals surface area contributed by atoms with Gasteiger partial charge in [0.2, 0.25) is 0 Å². The molecule has 1 saturated heterocycles. The molecule has 12 heavy (non-hydrogen) atoms. The molecule has 1 atom stereocenters. The molecular formula is C8H14O4. The molecule has 70 valence electrons. The van der Waals surface area contributed by atoms with Crippen molar-refractivity contribution >= 4 is 6.16 Å². The second-order valence-electron chi connectivity index (χ2n) is 2.63. The molecule has 0 aromatic carbocycles. The topological polar surface area (TPSA) is 44.8 Å². The molecule has 1 unspecified atom stereocenters. The van der Waals surface area contributed by atoms with Gasteiger partial charge in [0.05, 0.1) is 12.7 Å². The van der Waals surface area contributed by atoms with Crippen molar-refractivity contribution in [2.24, 2.45) is 0 Å². The lowest BCUT2D eigenvalue weighted by Gasteiger charge is -2.09. The van der Waals surface area contributed by atoms with E-state index >= 15 is 0 Å². The summed E-state index contributed by atoms with van der Waals surface area (Å²) in [6.45, 7) is 3.19. The fourth-order valence-corrected chi connectivity index (χ4v) is 1.10. The molecule has 0 N–H and O–H groups in total. The average molecular weight is 174 g/mol. The molecule has 0 amide bonds. The highest BCUT2D eigenvalue weighted by molar-refractivity contribution is 5.59. The SMILES string of the molecule is CCOC(=O)OCC1CCCO1. The Labute approximate surface area is 71.8 Å². The zero-order chi connectivity index (χ0) is 8.81. The van der Waals surface area contributed by atoms with Crippen molar-refractivity contribution in [1.82, 2.24) is 0 Å². The maximum absolute atomic E-state index is 10.7. The molecule has 0 saturated carbocycles. The summed E-state index contributed by atoms with van der Waals surface area (Å²) in [5.41, 5.74) is 0. The van der Waals surface area contributed by atoms with Crippen LogP contribution < -0.4 is 0 Å². The molecule has 1 aliphatic heterocycles. The van der Waals surface area contributed by atoms with Gasteiger partial charge < -0.3 is 14.2 Å². The molecule has 1 aliphatic rings. The number of hydrogen-bond acceptors (Lipinski definition) is 4. The molecule has 1 heterocycles. The van der Waals surface area contributed by atoms with Gasteiger partial charge in [0, 0.05) is 6.61 Å². The average Bonchev–Trinajstić information content (AvgIpc) is 2.53. The Morgan fingerprint density at radius 1 is 1.58 bits per heavy atom. The Balaban J connectivity index is 2.03. The molecule has 4 nitrogen and oxygen atoms in total. The second-order valence-corrected chi connectivity index (χ2v) is 2.63. The fourth-order valence-electron chi connectivity index (χ4n) is 1.10. The summed E-state index contributed by atoms with van der Waals surface area (Å²) in [5.74, 6) is 0. The standard InChI is InChI=1S/C8H14O4/c1-2-10-8(9)12-6-7-4-3-5-11-7/h7H,2-6H2,1H3. The molecular weight excluding hydrogens is 160 g/mol. The number of carbonyl (C=O) groups is 1. The summed E-state index contributed by atoms with van der Waals surface area (Å²) in [5, 5.41) is 0. The first kappa shape index (κ1) is 9.32. The van der Waals surface area contributed by atoms with Crippen LogP contribution in [-0.2, 0) is 14.2 Å². The van der Waals surface area contributed by atoms with Crippen LogP contribution in [0.25, 0.3) is 0 Å². The van der Waals surface area contributed by atoms with E-state index in [2.05, 4.69) is 4.74 Å². The van der Waals surface area contributed by atoms with Crippen molar-refractivity contribution in [2.75, 3.05) is 19.8 Å². The van der Waals surface area contributed by atoms with Crippen molar-refractivity contribution in [3.8, 4) is 0 Å². The molecule has 0 aromatic heterocycles. The van der Waals surface area contributed by atoms with Gasteiger partial charge in [0.25, 0.3) is 0 Å². The van der Waals surface area contributed by atoms with Gasteiger partial charge in [-0.05, 0) is 19.8 Å². The maximum Gasteiger partial charge on any atom is 0.508 e. The van der Waals surface area contributed by atoms with Crippen molar-refractivity contribution in [3.05, 3.63) is 0 Å². The van der Waals surface area contributed by atoms with Gasteiger partial charge in [-0.15, -0.1) is 0 Å². The minimum atomic E-state index is -0.604. The van der Waals surface area contributed by atoms with Gasteiger partial charge in [0.15, 0.2) is 0 Å². The monoisotopic (exact) mass is 174 g/mol. The predicted octanol–water partition coefficient (Wildman–Crippen LogP) is 1.34. The first-order valence-corrected chi connectivity index (χ1v) is 4.24. The Bertz CT molecular complexity index is 140. The summed E-state index contributed by atoms with van der Waals surface area (Å²) >= 11 is 0. The maximum atomic E-state index is 10.7. The van der Waals surface area contributed by atoms with Crippen LogP contribution in [0.2, 0.25) is 0 Å². The van der Waals surface area contributed by atoms with Crippen LogP contribution in [0, 0.1) is 0 Å². The van der Waals surface area contributed by atoms with E-state index in [1.165, 1.54) is 0 Å². The van der Waals surface area contributed by atoms with E-state index in [0.29, 0.717) is 13.2 Å². The number of hydrogen-bond donors (Lipinski definition) is 0. The van der Waals surface area contributed by atoms with Crippen LogP contribution in [0.3, 0.4) is 0 Å². The zero-order valence-electron chi connectivity index (χ0n) is 7.25. The predicted molar refractivity (Wildman–Crippen MR) is 41.9 cm³/mol. The van der Waals surface area contributed by atoms with E-state index in [9.17, 15) is 4.79 Å². The summed E-state index contributed by atoms with van der Waals surface area (Å²) in [6.07, 6.45) is 1.50. The first-order valence-electron chi connectivity index (χ1n) is 4.24. The Hall–Kier alpha value is -0.770. The van der Waals surface area contributed by atoms with Crippen LogP contribution in [0.5, 0.6) is 0 Å². The lowest BCUT2D eigenvalue weighted by atomic mass is 10.2. The van der Waals surface area contributed by atoms with Gasteiger partial charge >= 0.3 is 6.16 Å². The van der Waals surface area contributed by atoms with Crippen LogP contribution in [-0.4, -0.2) is 32.1 Å². The van der Waals surface area contributed by atoms with E-state index in [-0.39, 0.29) is 6.10 Å². The molecule has 4 heteroatoms. The van der Waals surface area contributed by atoms with Crippen LogP contribution >= 0.6 is 0 Å². The van der Waals surface area contributed by atoms with Gasteiger partial charge in [0.1, 0.15) is 6.61 Å². The minimum Gasteiger partial charge on any atom is -0.435 e. The summed E-state index contributed by atoms with van der Waals surface area (Å²) in [7, 11) is 0. The Morgan fingerprint density at radius 2 is 2.42 bits per heavy atom. The van der Waals surface area contributed by atoms with Crippen molar-refractivity contribution < 1.29 is 19.0 Å². The zero-order valence-corrected chi connectivity index (χ0v) is 7.25. The molecule has 0 aliphatic carbocycles. The second kappa shape index (κ2) is 4.98. The molecule has 0 aromatic rings. The largest absolute Gasteiger partial charge is 0.508 e. The third kappa shape index (κ3) is 3.09. The van der Waals surface area contributed by atoms with Crippen molar-refractivity contribution in [3.63, 3.8) is 0 Å². The van der Waals surface area contributed by atoms with Crippen molar-refractivity contribution in [1.29, 1.82) is 0 Å². The molecule has 0 radical (unpaired) electrons. The van der Waals surface area contributed by atoms with Crippen LogP contribution in [0.1, 0.15) is 19.8 Å². The van der Waals surface area contributed by atoms with Crippen LogP contribution in [0.15, 0.2) is 0 Å². The molecule has 0 bridgehead atoms. The highest BCUT2D eigenvalue weighted by Gasteiger charge is 2.17. The normalized spacial score (nSPS) is 22.2. The van der Waals surface area contributed by atoms with E-state index in [1.807, 2.05) is 0 Å². The van der Waals surface area contributed by atoms with Crippen molar-refractivity contribution in [2.45, 2.75) is 25.9 Å². The number of ether oxygens (including phenoxy) is 3. The molecule has 0 spiro atoms. The quantitative estimate of drug-likeness (QED) is 0.605. The first-order chi connectivity index (χ1) is 5.83. The number of carbonyl (C=O) groups excluding carboxylic acids is 1. The third-order valence-electron chi connectivity index (χ3n) is 1.67. The highest BCUT2D eigenvalue weighted by Crippen LogP contribution is 2.11. The third-order valence-corrected chi connectivity index (χ3v) is 1.67. The Kier molecular flexibility index (Phi) is 3.87. The van der Waals surface area contributed by atoms with Gasteiger partial charge in [-0.1, -0.05) is 0 Å². The van der Waals surface area contributed by atoms with Crippen LogP contribution in [0.4, 0.5) is 4.79 Å². The Morgan fingerprint density at radius 3 is 3.00 bits per heavy atom. The summed E-state index contributed by atoms with van der Waals surface area (Å²) < 4.78 is 14.6. The fraction of sp³-hybridized carbons (Fsp3) is 0.875. The lowest BCUT2D eigenvalue weighted by Crippen LogP contribution is -2.18. The van der Waals surface area contributed by atoms with Gasteiger partial charge in [-0.2, -0.15) is 0 Å². The molecule has 1 fully saturated rings. The summed E-state index contributed by atoms with van der Waals surface area (Å²) in [4.78, 5) is 10.7. The van der Waals surface area contributed by atoms with E-state index in [1.54, 1.807) is 6.92 Å². The van der Waals surface area contributed by atoms with Gasteiger partial charge in [-0.3, -0.25) is 0 Å². The minimum absolute atomic E-state index is 0.0782. The number of rotatable bonds is 3. The van der Waals surface area contributed by atoms with E-state index in [0.717, 1.165) is 19.4 Å². The summed E-state index contributed by atoms with van der Waals surface area (Å²) in [6, 6.07) is 0.